The van der Waals surface area contributed by atoms with Crippen LogP contribution < -0.4 is 14.8 Å². The zero-order valence-corrected chi connectivity index (χ0v) is 19.6. The Morgan fingerprint density at radius 3 is 2.53 bits per heavy atom. The van der Waals surface area contributed by atoms with Crippen LogP contribution in [-0.2, 0) is 10.0 Å². The summed E-state index contributed by atoms with van der Waals surface area (Å²) in [6.45, 7) is 2.02. The average molecular weight is 472 g/mol. The van der Waals surface area contributed by atoms with Crippen LogP contribution in [0.5, 0.6) is 5.75 Å². The number of sulfonamides is 1. The fraction of sp³-hybridized carbons (Fsp3) is 0.304. The molecule has 1 saturated carbocycles. The molecule has 1 aromatic heterocycles. The van der Waals surface area contributed by atoms with Gasteiger partial charge in [-0.1, -0.05) is 42.7 Å². The minimum atomic E-state index is -3.82. The highest BCUT2D eigenvalue weighted by molar-refractivity contribution is 7.89. The third-order valence-corrected chi connectivity index (χ3v) is 7.76. The number of carbonyl (C=O) groups excluding carboxylic acids is 1. The fourth-order valence-corrected chi connectivity index (χ4v) is 5.93. The van der Waals surface area contributed by atoms with Gasteiger partial charge in [-0.2, -0.15) is 0 Å². The predicted octanol–water partition coefficient (Wildman–Crippen LogP) is 4.60. The molecule has 0 radical (unpaired) electrons. The summed E-state index contributed by atoms with van der Waals surface area (Å²) in [7, 11) is -2.41. The van der Waals surface area contributed by atoms with Crippen LogP contribution in [0, 0.1) is 6.92 Å². The standard InChI is InChI=1S/C23H25N3O4S2/c1-15-7-9-16(10-8-15)19-14-31-23(24-19)25-22(27)17-11-12-20(30-2)21(13-17)32(28,29)26-18-5-3-4-6-18/h7-14,18,26H,3-6H2,1-2H3,(H,24,25,27). The van der Waals surface area contributed by atoms with E-state index in [1.54, 1.807) is 0 Å². The number of ether oxygens (including phenoxy) is 1. The second-order valence-electron chi connectivity index (χ2n) is 7.83. The lowest BCUT2D eigenvalue weighted by molar-refractivity contribution is 0.102. The minimum absolute atomic E-state index is 0.0426. The molecule has 9 heteroatoms. The van der Waals surface area contributed by atoms with Gasteiger partial charge in [0, 0.05) is 22.5 Å². The van der Waals surface area contributed by atoms with Crippen molar-refractivity contribution in [3.05, 3.63) is 59.0 Å². The summed E-state index contributed by atoms with van der Waals surface area (Å²) in [5, 5.41) is 5.07. The van der Waals surface area contributed by atoms with E-state index in [9.17, 15) is 13.2 Å². The molecule has 0 atom stereocenters. The Morgan fingerprint density at radius 2 is 1.84 bits per heavy atom. The maximum absolute atomic E-state index is 13.0. The van der Waals surface area contributed by atoms with Gasteiger partial charge in [-0.15, -0.1) is 11.3 Å². The largest absolute Gasteiger partial charge is 0.495 e. The molecule has 32 heavy (non-hydrogen) atoms. The molecule has 4 rings (SSSR count). The molecule has 1 heterocycles. The average Bonchev–Trinajstić information content (AvgIpc) is 3.45. The van der Waals surface area contributed by atoms with Gasteiger partial charge in [-0.25, -0.2) is 18.1 Å². The molecule has 1 fully saturated rings. The number of thiazole rings is 1. The van der Waals surface area contributed by atoms with E-state index in [0.717, 1.165) is 42.5 Å². The minimum Gasteiger partial charge on any atom is -0.495 e. The summed E-state index contributed by atoms with van der Waals surface area (Å²) in [6.07, 6.45) is 3.64. The van der Waals surface area contributed by atoms with E-state index < -0.39 is 15.9 Å². The molecule has 168 valence electrons. The van der Waals surface area contributed by atoms with E-state index in [2.05, 4.69) is 15.0 Å². The van der Waals surface area contributed by atoms with Crippen molar-refractivity contribution >= 4 is 32.4 Å². The Labute approximate surface area is 191 Å². The third-order valence-electron chi connectivity index (χ3n) is 5.46. The monoisotopic (exact) mass is 471 g/mol. The van der Waals surface area contributed by atoms with Crippen LogP contribution in [0.15, 0.2) is 52.7 Å². The molecular weight excluding hydrogens is 446 g/mol. The second-order valence-corrected chi connectivity index (χ2v) is 10.4. The van der Waals surface area contributed by atoms with Gasteiger partial charge in [0.25, 0.3) is 5.91 Å². The molecule has 2 aromatic carbocycles. The van der Waals surface area contributed by atoms with Crippen molar-refractivity contribution < 1.29 is 17.9 Å². The molecule has 7 nitrogen and oxygen atoms in total. The van der Waals surface area contributed by atoms with Crippen LogP contribution in [0.1, 0.15) is 41.6 Å². The van der Waals surface area contributed by atoms with Crippen molar-refractivity contribution in [1.82, 2.24) is 9.71 Å². The van der Waals surface area contributed by atoms with Crippen LogP contribution in [0.4, 0.5) is 5.13 Å². The number of hydrogen-bond acceptors (Lipinski definition) is 6. The van der Waals surface area contributed by atoms with Gasteiger partial charge in [0.15, 0.2) is 5.13 Å². The molecule has 0 spiro atoms. The van der Waals surface area contributed by atoms with Crippen molar-refractivity contribution in [1.29, 1.82) is 0 Å². The predicted molar refractivity (Wildman–Crippen MR) is 126 cm³/mol. The van der Waals surface area contributed by atoms with Gasteiger partial charge in [0.1, 0.15) is 10.6 Å². The summed E-state index contributed by atoms with van der Waals surface area (Å²) in [6, 6.07) is 12.3. The maximum Gasteiger partial charge on any atom is 0.257 e. The van der Waals surface area contributed by atoms with Crippen molar-refractivity contribution in [2.45, 2.75) is 43.5 Å². The summed E-state index contributed by atoms with van der Waals surface area (Å²) >= 11 is 1.31. The summed E-state index contributed by atoms with van der Waals surface area (Å²) in [5.41, 5.74) is 3.10. The molecule has 1 aliphatic rings. The Balaban J connectivity index is 1.54. The summed E-state index contributed by atoms with van der Waals surface area (Å²) in [4.78, 5) is 17.3. The number of amides is 1. The van der Waals surface area contributed by atoms with Crippen LogP contribution in [0.25, 0.3) is 11.3 Å². The first-order valence-electron chi connectivity index (χ1n) is 10.4. The first kappa shape index (κ1) is 22.4. The topological polar surface area (TPSA) is 97.4 Å². The number of carbonyl (C=O) groups is 1. The van der Waals surface area contributed by atoms with Crippen molar-refractivity contribution in [3.8, 4) is 17.0 Å². The Hall–Kier alpha value is -2.75. The van der Waals surface area contributed by atoms with Gasteiger partial charge in [0.2, 0.25) is 10.0 Å². The smallest absolute Gasteiger partial charge is 0.257 e. The van der Waals surface area contributed by atoms with Crippen molar-refractivity contribution in [2.24, 2.45) is 0 Å². The van der Waals surface area contributed by atoms with Crippen LogP contribution in [0.3, 0.4) is 0 Å². The molecule has 0 bridgehead atoms. The number of nitrogens with one attached hydrogen (secondary N) is 2. The number of rotatable bonds is 7. The normalized spacial score (nSPS) is 14.4. The summed E-state index contributed by atoms with van der Waals surface area (Å²) in [5.74, 6) is -0.238. The second kappa shape index (κ2) is 9.40. The lowest BCUT2D eigenvalue weighted by atomic mass is 10.1. The zero-order valence-electron chi connectivity index (χ0n) is 17.9. The fourth-order valence-electron chi connectivity index (χ4n) is 3.71. The van der Waals surface area contributed by atoms with Gasteiger partial charge < -0.3 is 4.74 Å². The molecule has 2 N–H and O–H groups in total. The maximum atomic E-state index is 13.0. The third kappa shape index (κ3) is 5.01. The van der Waals surface area contributed by atoms with Gasteiger partial charge in [-0.3, -0.25) is 10.1 Å². The Kier molecular flexibility index (Phi) is 6.59. The lowest BCUT2D eigenvalue weighted by Crippen LogP contribution is -2.33. The quantitative estimate of drug-likeness (QED) is 0.525. The molecule has 1 aliphatic carbocycles. The highest BCUT2D eigenvalue weighted by Crippen LogP contribution is 2.29. The van der Waals surface area contributed by atoms with E-state index >= 15 is 0 Å². The highest BCUT2D eigenvalue weighted by Gasteiger charge is 2.26. The first-order chi connectivity index (χ1) is 15.4. The molecular formula is C23H25N3O4S2. The van der Waals surface area contributed by atoms with Crippen LogP contribution in [0.2, 0.25) is 0 Å². The molecule has 3 aromatic rings. The molecule has 0 unspecified atom stereocenters. The zero-order chi connectivity index (χ0) is 22.7. The van der Waals surface area contributed by atoms with E-state index in [-0.39, 0.29) is 22.3 Å². The van der Waals surface area contributed by atoms with Gasteiger partial charge in [-0.05, 0) is 38.0 Å². The van der Waals surface area contributed by atoms with E-state index in [1.165, 1.54) is 36.6 Å². The number of aryl methyl sites for hydroxylation is 1. The first-order valence-corrected chi connectivity index (χ1v) is 12.8. The number of benzene rings is 2. The highest BCUT2D eigenvalue weighted by atomic mass is 32.2. The number of aromatic nitrogens is 1. The SMILES string of the molecule is COc1ccc(C(=O)Nc2nc(-c3ccc(C)cc3)cs2)cc1S(=O)(=O)NC1CCCC1. The van der Waals surface area contributed by atoms with E-state index in [4.69, 9.17) is 4.74 Å². The number of hydrogen-bond donors (Lipinski definition) is 2. The van der Waals surface area contributed by atoms with E-state index in [1.807, 2.05) is 36.6 Å². The number of methoxy groups -OCH3 is 1. The molecule has 0 aliphatic heterocycles. The van der Waals surface area contributed by atoms with Crippen molar-refractivity contribution in [3.63, 3.8) is 0 Å². The molecule has 0 saturated heterocycles. The lowest BCUT2D eigenvalue weighted by Gasteiger charge is -2.15. The van der Waals surface area contributed by atoms with Gasteiger partial charge >= 0.3 is 0 Å². The molecule has 1 amide bonds. The summed E-state index contributed by atoms with van der Waals surface area (Å²) < 4.78 is 33.9. The number of anilines is 1. The Bertz CT molecular complexity index is 1210. The van der Waals surface area contributed by atoms with E-state index in [0.29, 0.717) is 5.13 Å². The Morgan fingerprint density at radius 1 is 1.12 bits per heavy atom. The van der Waals surface area contributed by atoms with Crippen molar-refractivity contribution in [2.75, 3.05) is 12.4 Å². The van der Waals surface area contributed by atoms with Crippen LogP contribution >= 0.6 is 11.3 Å². The van der Waals surface area contributed by atoms with Crippen LogP contribution in [-0.4, -0.2) is 32.5 Å². The van der Waals surface area contributed by atoms with Gasteiger partial charge in [0.05, 0.1) is 12.8 Å². The number of nitrogens with zero attached hydrogens (tertiary/aromatic N) is 1.